The van der Waals surface area contributed by atoms with Gasteiger partial charge in [0.15, 0.2) is 6.29 Å². The van der Waals surface area contributed by atoms with E-state index in [-0.39, 0.29) is 22.4 Å². The smallest absolute Gasteiger partial charge is 0.296 e. The molecule has 0 amide bonds. The highest BCUT2D eigenvalue weighted by Gasteiger charge is 2.33. The van der Waals surface area contributed by atoms with Gasteiger partial charge in [-0.25, -0.2) is 0 Å². The second kappa shape index (κ2) is 2.62. The van der Waals surface area contributed by atoms with Gasteiger partial charge in [0, 0.05) is 5.69 Å². The number of carbonyl (C=O) groups excluding carboxylic acids is 1. The predicted molar refractivity (Wildman–Crippen MR) is 33.6 cm³/mol. The van der Waals surface area contributed by atoms with Gasteiger partial charge in [0.2, 0.25) is 0 Å². The van der Waals surface area contributed by atoms with Crippen LogP contribution in [0.2, 0.25) is 0 Å². The molecule has 0 bridgehead atoms. The van der Waals surface area contributed by atoms with E-state index in [1.807, 2.05) is 0 Å². The molecule has 0 unspecified atom stereocenters. The van der Waals surface area contributed by atoms with Crippen LogP contribution in [0.25, 0.3) is 0 Å². The molecular weight excluding hydrogens is 173 g/mol. The largest absolute Gasteiger partial charge is 0.504 e. The molecule has 0 aromatic carbocycles. The Morgan fingerprint density at radius 3 is 2.42 bits per heavy atom. The second-order valence-corrected chi connectivity index (χ2v) is 2.21. The Bertz CT molecular complexity index is 302. The first-order chi connectivity index (χ1) is 5.45. The maximum atomic E-state index is 12.0. The van der Waals surface area contributed by atoms with Crippen LogP contribution in [-0.2, 0) is 6.30 Å². The summed E-state index contributed by atoms with van der Waals surface area (Å²) in [6.07, 6.45) is -4.28. The van der Waals surface area contributed by atoms with Gasteiger partial charge in [-0.15, -0.1) is 13.2 Å². The maximum absolute atomic E-state index is 12.0. The highest BCUT2D eigenvalue weighted by atomic mass is 19.4. The molecule has 1 heterocycles. The monoisotopic (exact) mass is 178 g/mol. The van der Waals surface area contributed by atoms with E-state index in [4.69, 9.17) is 0 Å². The van der Waals surface area contributed by atoms with Crippen molar-refractivity contribution in [1.29, 1.82) is 0 Å². The predicted octanol–water partition coefficient (Wildman–Crippen LogP) is 1.48. The number of hydrogen-bond donors (Lipinski definition) is 0. The van der Waals surface area contributed by atoms with E-state index in [1.165, 1.54) is 6.92 Å². The molecule has 66 valence electrons. The average Bonchev–Trinajstić information content (AvgIpc) is 2.29. The zero-order valence-electron chi connectivity index (χ0n) is 6.09. The Hall–Kier alpha value is -1.33. The van der Waals surface area contributed by atoms with Gasteiger partial charge in [-0.05, 0) is 13.0 Å². The fraction of sp³-hybridized carbons (Fsp3) is 0.333. The quantitative estimate of drug-likeness (QED) is 0.610. The van der Waals surface area contributed by atoms with Crippen molar-refractivity contribution in [2.75, 3.05) is 0 Å². The number of halogens is 3. The van der Waals surface area contributed by atoms with Crippen LogP contribution in [0.15, 0.2) is 6.07 Å². The first kappa shape index (κ1) is 8.76. The molecular formula is C6H5F3N2O. The van der Waals surface area contributed by atoms with Gasteiger partial charge in [0.25, 0.3) is 0 Å². The van der Waals surface area contributed by atoms with Crippen molar-refractivity contribution in [2.24, 2.45) is 0 Å². The lowest BCUT2D eigenvalue weighted by Gasteiger charge is -2.06. The number of carbonyl (C=O) groups is 1. The minimum Gasteiger partial charge on any atom is -0.296 e. The van der Waals surface area contributed by atoms with Crippen LogP contribution in [0, 0.1) is 6.92 Å². The lowest BCUT2D eigenvalue weighted by atomic mass is 10.4. The Morgan fingerprint density at radius 2 is 2.17 bits per heavy atom. The lowest BCUT2D eigenvalue weighted by Crippen LogP contribution is -2.19. The highest BCUT2D eigenvalue weighted by molar-refractivity contribution is 5.71. The van der Waals surface area contributed by atoms with Gasteiger partial charge in [-0.3, -0.25) is 4.79 Å². The van der Waals surface area contributed by atoms with Crippen LogP contribution >= 0.6 is 0 Å². The fourth-order valence-electron chi connectivity index (χ4n) is 0.813. The van der Waals surface area contributed by atoms with E-state index in [1.54, 1.807) is 0 Å². The summed E-state index contributed by atoms with van der Waals surface area (Å²) in [6.45, 7) is 1.23. The number of aldehydes is 1. The third kappa shape index (κ3) is 1.46. The molecule has 3 nitrogen and oxygen atoms in total. The minimum absolute atomic E-state index is 0.107. The van der Waals surface area contributed by atoms with Crippen LogP contribution in [-0.4, -0.2) is 16.1 Å². The molecule has 0 N–H and O–H groups in total. The highest BCUT2D eigenvalue weighted by Crippen LogP contribution is 2.23. The number of nitrogens with zero attached hydrogens (tertiary/aromatic N) is 2. The van der Waals surface area contributed by atoms with Crippen molar-refractivity contribution in [1.82, 2.24) is 9.78 Å². The first-order valence-electron chi connectivity index (χ1n) is 3.04. The van der Waals surface area contributed by atoms with Crippen LogP contribution in [0.3, 0.4) is 0 Å². The Labute approximate surface area is 65.8 Å². The van der Waals surface area contributed by atoms with E-state index in [0.717, 1.165) is 6.07 Å². The Balaban J connectivity index is 3.16. The van der Waals surface area contributed by atoms with E-state index < -0.39 is 6.30 Å². The molecule has 12 heavy (non-hydrogen) atoms. The van der Waals surface area contributed by atoms with E-state index in [2.05, 4.69) is 5.10 Å². The van der Waals surface area contributed by atoms with E-state index >= 15 is 0 Å². The van der Waals surface area contributed by atoms with Crippen LogP contribution in [0.1, 0.15) is 16.2 Å². The number of alkyl halides is 3. The Morgan fingerprint density at radius 1 is 1.58 bits per heavy atom. The molecule has 0 fully saturated rings. The first-order valence-corrected chi connectivity index (χ1v) is 3.04. The van der Waals surface area contributed by atoms with Crippen LogP contribution in [0.5, 0.6) is 0 Å². The summed E-state index contributed by atoms with van der Waals surface area (Å²) >= 11 is 0. The van der Waals surface area contributed by atoms with Crippen molar-refractivity contribution in [3.8, 4) is 0 Å². The molecule has 6 heteroatoms. The molecule has 0 saturated heterocycles. The molecule has 0 aliphatic rings. The van der Waals surface area contributed by atoms with Gasteiger partial charge in [-0.2, -0.15) is 9.78 Å². The molecule has 1 rings (SSSR count). The summed E-state index contributed by atoms with van der Waals surface area (Å²) in [5.74, 6) is 0. The van der Waals surface area contributed by atoms with E-state index in [0.29, 0.717) is 0 Å². The third-order valence-electron chi connectivity index (χ3n) is 1.27. The van der Waals surface area contributed by atoms with Gasteiger partial charge in [0.05, 0.1) is 0 Å². The van der Waals surface area contributed by atoms with Crippen molar-refractivity contribution in [2.45, 2.75) is 13.2 Å². The molecule has 0 spiro atoms. The summed E-state index contributed by atoms with van der Waals surface area (Å²) in [4.78, 5) is 10.1. The fourth-order valence-corrected chi connectivity index (χ4v) is 0.813. The van der Waals surface area contributed by atoms with Gasteiger partial charge in [-0.1, -0.05) is 0 Å². The summed E-state index contributed by atoms with van der Waals surface area (Å²) in [6, 6.07) is 1.07. The number of rotatable bonds is 1. The van der Waals surface area contributed by atoms with Crippen LogP contribution in [0.4, 0.5) is 13.2 Å². The van der Waals surface area contributed by atoms with E-state index in [9.17, 15) is 18.0 Å². The minimum atomic E-state index is -4.55. The zero-order chi connectivity index (χ0) is 9.35. The molecule has 0 atom stereocenters. The molecule has 0 radical (unpaired) electrons. The van der Waals surface area contributed by atoms with Crippen molar-refractivity contribution >= 4 is 6.29 Å². The summed E-state index contributed by atoms with van der Waals surface area (Å²) in [5, 5.41) is 3.02. The molecule has 0 aliphatic heterocycles. The topological polar surface area (TPSA) is 34.9 Å². The lowest BCUT2D eigenvalue weighted by molar-refractivity contribution is -0.213. The number of aryl methyl sites for hydroxylation is 1. The second-order valence-electron chi connectivity index (χ2n) is 2.21. The van der Waals surface area contributed by atoms with Crippen molar-refractivity contribution < 1.29 is 18.0 Å². The SMILES string of the molecule is Cc1cc(C=O)nn1C(F)(F)F. The van der Waals surface area contributed by atoms with Crippen LogP contribution < -0.4 is 0 Å². The average molecular weight is 178 g/mol. The zero-order valence-corrected chi connectivity index (χ0v) is 6.09. The molecule has 1 aromatic rings. The summed E-state index contributed by atoms with van der Waals surface area (Å²) in [5.41, 5.74) is -0.325. The number of aromatic nitrogens is 2. The van der Waals surface area contributed by atoms with Gasteiger partial charge in [0.1, 0.15) is 5.69 Å². The summed E-state index contributed by atoms with van der Waals surface area (Å²) < 4.78 is 35.8. The molecule has 0 saturated carbocycles. The molecule has 0 aliphatic carbocycles. The standard InChI is InChI=1S/C6H5F3N2O/c1-4-2-5(3-12)10-11(4)6(7,8)9/h2-3H,1H3. The normalized spacial score (nSPS) is 11.7. The Kier molecular flexibility index (Phi) is 1.91. The summed E-state index contributed by atoms with van der Waals surface area (Å²) in [7, 11) is 0. The number of hydrogen-bond acceptors (Lipinski definition) is 2. The van der Waals surface area contributed by atoms with Gasteiger partial charge < -0.3 is 0 Å². The maximum Gasteiger partial charge on any atom is 0.504 e. The van der Waals surface area contributed by atoms with Crippen molar-refractivity contribution in [3.63, 3.8) is 0 Å². The van der Waals surface area contributed by atoms with Crippen molar-refractivity contribution in [3.05, 3.63) is 17.5 Å². The molecule has 1 aromatic heterocycles. The third-order valence-corrected chi connectivity index (χ3v) is 1.27. The van der Waals surface area contributed by atoms with Gasteiger partial charge >= 0.3 is 6.30 Å².